The number of ether oxygens (including phenoxy) is 1. The van der Waals surface area contributed by atoms with Gasteiger partial charge in [0.15, 0.2) is 0 Å². The summed E-state index contributed by atoms with van der Waals surface area (Å²) in [6.45, 7) is 0.729. The SMILES string of the molecule is O=[N+]([O-])c1cccc2c1[C@@H]1OCCC[C@H]21. The van der Waals surface area contributed by atoms with Crippen molar-refractivity contribution in [3.05, 3.63) is 39.4 Å². The van der Waals surface area contributed by atoms with Crippen molar-refractivity contribution in [1.29, 1.82) is 0 Å². The van der Waals surface area contributed by atoms with Gasteiger partial charge in [0.2, 0.25) is 0 Å². The highest BCUT2D eigenvalue weighted by molar-refractivity contribution is 5.56. The number of rotatable bonds is 1. The second kappa shape index (κ2) is 3.03. The number of nitro groups is 1. The molecule has 2 atom stereocenters. The Balaban J connectivity index is 2.09. The second-order valence-corrected chi connectivity index (χ2v) is 4.08. The van der Waals surface area contributed by atoms with Gasteiger partial charge in [0.25, 0.3) is 5.69 Å². The van der Waals surface area contributed by atoms with Gasteiger partial charge >= 0.3 is 0 Å². The Morgan fingerprint density at radius 2 is 2.33 bits per heavy atom. The van der Waals surface area contributed by atoms with Gasteiger partial charge in [-0.05, 0) is 18.4 Å². The zero-order chi connectivity index (χ0) is 10.4. The van der Waals surface area contributed by atoms with Crippen molar-refractivity contribution in [2.75, 3.05) is 6.61 Å². The van der Waals surface area contributed by atoms with E-state index in [-0.39, 0.29) is 16.7 Å². The molecule has 0 N–H and O–H groups in total. The van der Waals surface area contributed by atoms with Crippen molar-refractivity contribution in [2.24, 2.45) is 0 Å². The smallest absolute Gasteiger partial charge is 0.275 e. The predicted molar refractivity (Wildman–Crippen MR) is 53.8 cm³/mol. The highest BCUT2D eigenvalue weighted by atomic mass is 16.6. The monoisotopic (exact) mass is 205 g/mol. The maximum atomic E-state index is 10.8. The Morgan fingerprint density at radius 1 is 1.47 bits per heavy atom. The van der Waals surface area contributed by atoms with Gasteiger partial charge in [0.1, 0.15) is 0 Å². The second-order valence-electron chi connectivity index (χ2n) is 4.08. The zero-order valence-corrected chi connectivity index (χ0v) is 8.18. The highest BCUT2D eigenvalue weighted by Crippen LogP contribution is 2.55. The summed E-state index contributed by atoms with van der Waals surface area (Å²) in [6.07, 6.45) is 2.14. The topological polar surface area (TPSA) is 52.4 Å². The first-order valence-corrected chi connectivity index (χ1v) is 5.18. The molecule has 3 rings (SSSR count). The van der Waals surface area contributed by atoms with Gasteiger partial charge in [-0.1, -0.05) is 12.1 Å². The zero-order valence-electron chi connectivity index (χ0n) is 8.18. The number of hydrogen-bond acceptors (Lipinski definition) is 3. The fourth-order valence-corrected chi connectivity index (χ4v) is 2.65. The van der Waals surface area contributed by atoms with E-state index in [0.29, 0.717) is 5.92 Å². The van der Waals surface area contributed by atoms with Crippen molar-refractivity contribution in [3.8, 4) is 0 Å². The lowest BCUT2D eigenvalue weighted by molar-refractivity contribution is -0.386. The molecule has 15 heavy (non-hydrogen) atoms. The van der Waals surface area contributed by atoms with Crippen molar-refractivity contribution < 1.29 is 9.66 Å². The van der Waals surface area contributed by atoms with Gasteiger partial charge in [-0.3, -0.25) is 10.1 Å². The van der Waals surface area contributed by atoms with Crippen LogP contribution in [-0.4, -0.2) is 11.5 Å². The molecular formula is C11H11NO3. The Hall–Kier alpha value is -1.42. The summed E-state index contributed by atoms with van der Waals surface area (Å²) in [5, 5.41) is 10.8. The molecule has 0 aromatic heterocycles. The summed E-state index contributed by atoms with van der Waals surface area (Å²) < 4.78 is 5.59. The molecule has 0 radical (unpaired) electrons. The minimum Gasteiger partial charge on any atom is -0.373 e. The molecule has 4 nitrogen and oxygen atoms in total. The molecule has 1 aromatic carbocycles. The molecule has 2 aliphatic rings. The van der Waals surface area contributed by atoms with E-state index in [4.69, 9.17) is 4.74 Å². The van der Waals surface area contributed by atoms with Crippen molar-refractivity contribution in [3.63, 3.8) is 0 Å². The van der Waals surface area contributed by atoms with Crippen LogP contribution in [0.3, 0.4) is 0 Å². The van der Waals surface area contributed by atoms with Crippen molar-refractivity contribution in [2.45, 2.75) is 24.9 Å². The fraction of sp³-hybridized carbons (Fsp3) is 0.455. The van der Waals surface area contributed by atoms with E-state index >= 15 is 0 Å². The lowest BCUT2D eigenvalue weighted by Crippen LogP contribution is -2.31. The Kier molecular flexibility index (Phi) is 1.79. The van der Waals surface area contributed by atoms with Gasteiger partial charge in [0.05, 0.1) is 16.6 Å². The molecule has 4 heteroatoms. The molecule has 1 saturated heterocycles. The minimum absolute atomic E-state index is 0.0182. The molecule has 1 aromatic rings. The first kappa shape index (κ1) is 8.85. The van der Waals surface area contributed by atoms with Crippen LogP contribution in [0.2, 0.25) is 0 Å². The van der Waals surface area contributed by atoms with Crippen LogP contribution in [0.15, 0.2) is 18.2 Å². The Labute approximate surface area is 87.0 Å². The van der Waals surface area contributed by atoms with Gasteiger partial charge in [-0.15, -0.1) is 0 Å². The van der Waals surface area contributed by atoms with Crippen LogP contribution in [0.1, 0.15) is 36.0 Å². The van der Waals surface area contributed by atoms with Crippen LogP contribution in [0.5, 0.6) is 0 Å². The summed E-state index contributed by atoms with van der Waals surface area (Å²) >= 11 is 0. The van der Waals surface area contributed by atoms with Gasteiger partial charge in [-0.2, -0.15) is 0 Å². The van der Waals surface area contributed by atoms with E-state index in [1.54, 1.807) is 12.1 Å². The number of nitro benzene ring substituents is 1. The molecule has 0 bridgehead atoms. The minimum atomic E-state index is -0.312. The number of fused-ring (bicyclic) bond motifs is 4. The highest BCUT2D eigenvalue weighted by Gasteiger charge is 2.44. The molecule has 78 valence electrons. The van der Waals surface area contributed by atoms with Crippen molar-refractivity contribution >= 4 is 5.69 Å². The molecule has 0 unspecified atom stereocenters. The van der Waals surface area contributed by atoms with Crippen LogP contribution < -0.4 is 0 Å². The van der Waals surface area contributed by atoms with E-state index in [1.165, 1.54) is 0 Å². The molecule has 1 aliphatic heterocycles. The van der Waals surface area contributed by atoms with Crippen LogP contribution in [0, 0.1) is 10.1 Å². The molecule has 1 fully saturated rings. The van der Waals surface area contributed by atoms with E-state index in [0.717, 1.165) is 30.6 Å². The standard InChI is InChI=1S/C11H11NO3/c13-12(14)9-5-1-3-7-8-4-2-6-15-11(8)10(7)9/h1,3,5,8,11H,2,4,6H2/t8-,11-/m1/s1. The molecular weight excluding hydrogens is 194 g/mol. The molecule has 1 aliphatic carbocycles. The molecule has 0 amide bonds. The third kappa shape index (κ3) is 1.11. The third-order valence-corrected chi connectivity index (χ3v) is 3.32. The number of hydrogen-bond donors (Lipinski definition) is 0. The van der Waals surface area contributed by atoms with E-state index in [2.05, 4.69) is 0 Å². The molecule has 0 spiro atoms. The first-order chi connectivity index (χ1) is 7.29. The van der Waals surface area contributed by atoms with Gasteiger partial charge < -0.3 is 4.74 Å². The van der Waals surface area contributed by atoms with E-state index < -0.39 is 0 Å². The van der Waals surface area contributed by atoms with Crippen LogP contribution in [0.25, 0.3) is 0 Å². The van der Waals surface area contributed by atoms with Gasteiger partial charge in [-0.25, -0.2) is 0 Å². The Bertz CT molecular complexity index is 430. The van der Waals surface area contributed by atoms with Crippen LogP contribution in [0.4, 0.5) is 5.69 Å². The molecule has 0 saturated carbocycles. The number of nitrogens with zero attached hydrogens (tertiary/aromatic N) is 1. The Morgan fingerprint density at radius 3 is 3.13 bits per heavy atom. The quantitative estimate of drug-likeness (QED) is 0.523. The normalized spacial score (nSPS) is 27.5. The van der Waals surface area contributed by atoms with E-state index in [1.807, 2.05) is 6.07 Å². The van der Waals surface area contributed by atoms with Crippen LogP contribution >= 0.6 is 0 Å². The van der Waals surface area contributed by atoms with E-state index in [9.17, 15) is 10.1 Å². The third-order valence-electron chi connectivity index (χ3n) is 3.32. The summed E-state index contributed by atoms with van der Waals surface area (Å²) in [5.41, 5.74) is 2.15. The largest absolute Gasteiger partial charge is 0.373 e. The average Bonchev–Trinajstić information content (AvgIpc) is 2.24. The lowest BCUT2D eigenvalue weighted by Gasteiger charge is -2.41. The maximum absolute atomic E-state index is 10.8. The summed E-state index contributed by atoms with van der Waals surface area (Å²) in [4.78, 5) is 10.5. The van der Waals surface area contributed by atoms with Crippen molar-refractivity contribution in [1.82, 2.24) is 0 Å². The maximum Gasteiger partial charge on any atom is 0.275 e. The van der Waals surface area contributed by atoms with Crippen LogP contribution in [-0.2, 0) is 4.74 Å². The first-order valence-electron chi connectivity index (χ1n) is 5.18. The predicted octanol–water partition coefficient (Wildman–Crippen LogP) is 2.54. The molecule has 1 heterocycles. The summed E-state index contributed by atoms with van der Waals surface area (Å²) in [5.74, 6) is 0.397. The van der Waals surface area contributed by atoms with Gasteiger partial charge in [0, 0.05) is 18.6 Å². The summed E-state index contributed by atoms with van der Waals surface area (Å²) in [7, 11) is 0. The lowest BCUT2D eigenvalue weighted by atomic mass is 9.70. The number of benzene rings is 1. The fourth-order valence-electron chi connectivity index (χ4n) is 2.65. The summed E-state index contributed by atoms with van der Waals surface area (Å²) in [6, 6.07) is 5.31. The average molecular weight is 205 g/mol.